The Balaban J connectivity index is 1.06. The van der Waals surface area contributed by atoms with Crippen LogP contribution < -0.4 is 4.90 Å². The first kappa shape index (κ1) is 34.2. The van der Waals surface area contributed by atoms with Gasteiger partial charge in [-0.25, -0.2) is 0 Å². The lowest BCUT2D eigenvalue weighted by Crippen LogP contribution is -2.55. The maximum absolute atomic E-state index is 2.68. The van der Waals surface area contributed by atoms with Gasteiger partial charge in [0.1, 0.15) is 0 Å². The molecular weight excluding hydrogens is 711 g/mol. The molecule has 0 saturated heterocycles. The lowest BCUT2D eigenvalue weighted by Gasteiger charge is -2.61. The van der Waals surface area contributed by atoms with E-state index in [9.17, 15) is 0 Å². The molecule has 1 heteroatoms. The van der Waals surface area contributed by atoms with Crippen LogP contribution in [0, 0.1) is 23.7 Å². The van der Waals surface area contributed by atoms with Crippen LogP contribution in [-0.2, 0) is 10.8 Å². The molecule has 0 aromatic heterocycles. The van der Waals surface area contributed by atoms with Gasteiger partial charge in [0.15, 0.2) is 0 Å². The monoisotopic (exact) mass is 761 g/mol. The Morgan fingerprint density at radius 1 is 0.356 bits per heavy atom. The molecule has 4 bridgehead atoms. The highest BCUT2D eigenvalue weighted by molar-refractivity contribution is 5.91. The summed E-state index contributed by atoms with van der Waals surface area (Å²) in [6, 6.07) is 63.4. The van der Waals surface area contributed by atoms with Gasteiger partial charge in [-0.2, -0.15) is 0 Å². The maximum Gasteiger partial charge on any atom is 0.0473 e. The minimum atomic E-state index is 0.104. The van der Waals surface area contributed by atoms with Gasteiger partial charge in [-0.1, -0.05) is 141 Å². The summed E-state index contributed by atoms with van der Waals surface area (Å²) in [4.78, 5) is 2.63. The van der Waals surface area contributed by atoms with E-state index in [1.165, 1.54) is 126 Å². The van der Waals surface area contributed by atoms with Crippen molar-refractivity contribution in [2.75, 3.05) is 4.90 Å². The number of nitrogens with zero attached hydrogens (tertiary/aromatic N) is 1. The van der Waals surface area contributed by atoms with Crippen LogP contribution in [0.5, 0.6) is 0 Å². The van der Waals surface area contributed by atoms with Crippen molar-refractivity contribution in [2.45, 2.75) is 75.0 Å². The predicted octanol–water partition coefficient (Wildman–Crippen LogP) is 15.4. The van der Waals surface area contributed by atoms with E-state index in [4.69, 9.17) is 0 Å². The summed E-state index contributed by atoms with van der Waals surface area (Å²) in [6.07, 6.45) is 13.5. The van der Waals surface area contributed by atoms with E-state index in [0.29, 0.717) is 0 Å². The topological polar surface area (TPSA) is 3.24 Å². The van der Waals surface area contributed by atoms with Gasteiger partial charge in [0.2, 0.25) is 0 Å². The summed E-state index contributed by atoms with van der Waals surface area (Å²) in [6.45, 7) is 0. The van der Waals surface area contributed by atoms with Gasteiger partial charge in [0.25, 0.3) is 0 Å². The number of fused-ring (bicyclic) bond motifs is 8. The molecule has 7 aromatic carbocycles. The number of rotatable bonds is 5. The lowest BCUT2D eigenvalue weighted by atomic mass is 9.43. The van der Waals surface area contributed by atoms with Crippen LogP contribution in [0.15, 0.2) is 164 Å². The highest BCUT2D eigenvalue weighted by Crippen LogP contribution is 2.70. The smallest absolute Gasteiger partial charge is 0.0473 e. The van der Waals surface area contributed by atoms with E-state index < -0.39 is 0 Å². The van der Waals surface area contributed by atoms with Crippen LogP contribution in [0.2, 0.25) is 0 Å². The molecule has 0 heterocycles. The van der Waals surface area contributed by atoms with Gasteiger partial charge in [-0.3, -0.25) is 0 Å². The fourth-order valence-electron chi connectivity index (χ4n) is 14.3. The summed E-state index contributed by atoms with van der Waals surface area (Å²) in [5.74, 6) is 3.27. The number of anilines is 3. The molecule has 5 fully saturated rings. The van der Waals surface area contributed by atoms with Gasteiger partial charge in [-0.05, 0) is 178 Å². The molecule has 7 aromatic rings. The number of hydrogen-bond donors (Lipinski definition) is 0. The second-order valence-corrected chi connectivity index (χ2v) is 19.2. The van der Waals surface area contributed by atoms with E-state index >= 15 is 0 Å². The van der Waals surface area contributed by atoms with Gasteiger partial charge in [0, 0.05) is 27.9 Å². The van der Waals surface area contributed by atoms with Crippen LogP contribution in [0.4, 0.5) is 17.1 Å². The molecule has 0 aliphatic heterocycles. The van der Waals surface area contributed by atoms with Gasteiger partial charge in [0.05, 0.1) is 0 Å². The molecule has 7 aliphatic rings. The molecule has 0 unspecified atom stereocenters. The van der Waals surface area contributed by atoms with Crippen LogP contribution in [0.1, 0.15) is 86.5 Å². The van der Waals surface area contributed by atoms with Crippen molar-refractivity contribution in [3.8, 4) is 44.5 Å². The summed E-state index contributed by atoms with van der Waals surface area (Å²) in [5, 5.41) is 0. The van der Waals surface area contributed by atoms with E-state index in [-0.39, 0.29) is 10.8 Å². The van der Waals surface area contributed by atoms with Crippen molar-refractivity contribution in [2.24, 2.45) is 23.7 Å². The van der Waals surface area contributed by atoms with Crippen LogP contribution in [-0.4, -0.2) is 0 Å². The van der Waals surface area contributed by atoms with E-state index in [1.54, 1.807) is 22.3 Å². The van der Waals surface area contributed by atoms with Crippen molar-refractivity contribution in [3.63, 3.8) is 0 Å². The zero-order valence-electron chi connectivity index (χ0n) is 33.9. The molecule has 1 nitrogen and oxygen atoms in total. The Kier molecular flexibility index (Phi) is 7.49. The molecule has 2 spiro atoms. The second-order valence-electron chi connectivity index (χ2n) is 19.2. The molecule has 5 saturated carbocycles. The first-order chi connectivity index (χ1) is 29.2. The normalized spacial score (nSPS) is 24.8. The Hall–Kier alpha value is -5.66. The third-order valence-electron chi connectivity index (χ3n) is 16.4. The van der Waals surface area contributed by atoms with E-state index in [1.807, 2.05) is 0 Å². The molecular formula is C58H51N. The average molecular weight is 762 g/mol. The lowest BCUT2D eigenvalue weighted by molar-refractivity contribution is -0.0399. The van der Waals surface area contributed by atoms with Gasteiger partial charge < -0.3 is 4.90 Å². The maximum atomic E-state index is 2.68. The molecule has 14 rings (SSSR count). The Bertz CT molecular complexity index is 2680. The fourth-order valence-corrected chi connectivity index (χ4v) is 14.3. The Labute approximate surface area is 349 Å². The quantitative estimate of drug-likeness (QED) is 0.169. The SMILES string of the molecule is c1ccc(-c2cc(-c3ccccc3)cc(N(c3ccc4c(c3)-c3ccccc3C43CCCCC3)c3ccc4c(c3)C3(c5ccccc5-4)C4CC5CC(C4)CC3C5)c2)cc1. The first-order valence-electron chi connectivity index (χ1n) is 22.7. The molecule has 0 atom stereocenters. The zero-order valence-corrected chi connectivity index (χ0v) is 33.9. The van der Waals surface area contributed by atoms with E-state index in [0.717, 1.165) is 23.7 Å². The number of hydrogen-bond acceptors (Lipinski definition) is 1. The van der Waals surface area contributed by atoms with Crippen LogP contribution >= 0.6 is 0 Å². The van der Waals surface area contributed by atoms with E-state index in [2.05, 4.69) is 169 Å². The highest BCUT2D eigenvalue weighted by atomic mass is 15.1. The third kappa shape index (κ3) is 4.91. The van der Waals surface area contributed by atoms with Crippen molar-refractivity contribution < 1.29 is 0 Å². The largest absolute Gasteiger partial charge is 0.310 e. The predicted molar refractivity (Wildman–Crippen MR) is 245 cm³/mol. The summed E-state index contributed by atoms with van der Waals surface area (Å²) >= 11 is 0. The zero-order chi connectivity index (χ0) is 38.7. The highest BCUT2D eigenvalue weighted by Gasteiger charge is 2.61. The van der Waals surface area contributed by atoms with Gasteiger partial charge >= 0.3 is 0 Å². The standard InChI is InChI=1S/C58H51N/c1-4-14-40(15-5-1)42-33-43(41-16-6-2-7-17-41)35-48(34-42)59(46-23-25-54-52(36-46)50-19-8-10-20-53(50)57(54)26-12-3-13-27-57)47-22-24-51-49-18-9-11-21-55(49)58(56(51)37-47)44-29-38-28-39(31-44)32-45(58)30-38/h1-2,4-11,14-25,33-39,44-45H,3,12-13,26-32H2. The van der Waals surface area contributed by atoms with Crippen LogP contribution in [0.25, 0.3) is 44.5 Å². The van der Waals surface area contributed by atoms with Crippen molar-refractivity contribution in [1.82, 2.24) is 0 Å². The Morgan fingerprint density at radius 2 is 0.881 bits per heavy atom. The van der Waals surface area contributed by atoms with Crippen molar-refractivity contribution in [1.29, 1.82) is 0 Å². The molecule has 7 aliphatic carbocycles. The van der Waals surface area contributed by atoms with Crippen molar-refractivity contribution >= 4 is 17.1 Å². The van der Waals surface area contributed by atoms with Crippen LogP contribution in [0.3, 0.4) is 0 Å². The second kappa shape index (κ2) is 12.9. The fraction of sp³-hybridized carbons (Fsp3) is 0.276. The first-order valence-corrected chi connectivity index (χ1v) is 22.7. The molecule has 0 amide bonds. The number of benzene rings is 7. The summed E-state index contributed by atoms with van der Waals surface area (Å²) < 4.78 is 0. The summed E-state index contributed by atoms with van der Waals surface area (Å²) in [7, 11) is 0. The molecule has 0 radical (unpaired) electrons. The molecule has 59 heavy (non-hydrogen) atoms. The average Bonchev–Trinajstić information content (AvgIpc) is 3.73. The van der Waals surface area contributed by atoms with Gasteiger partial charge in [-0.15, -0.1) is 0 Å². The molecule has 288 valence electrons. The van der Waals surface area contributed by atoms with Crippen molar-refractivity contribution in [3.05, 3.63) is 186 Å². The molecule has 0 N–H and O–H groups in total. The summed E-state index contributed by atoms with van der Waals surface area (Å²) in [5.41, 5.74) is 21.1. The third-order valence-corrected chi connectivity index (χ3v) is 16.4. The Morgan fingerprint density at radius 3 is 1.54 bits per heavy atom. The minimum Gasteiger partial charge on any atom is -0.310 e. The minimum absolute atomic E-state index is 0.104.